The van der Waals surface area contributed by atoms with Crippen LogP contribution in [0.15, 0.2) is 0 Å². The number of hydrogen-bond donors (Lipinski definition) is 0. The zero-order valence-electron chi connectivity index (χ0n) is 7.17. The highest BCUT2D eigenvalue weighted by molar-refractivity contribution is 4.95. The van der Waals surface area contributed by atoms with E-state index in [1.165, 1.54) is 0 Å². The van der Waals surface area contributed by atoms with E-state index >= 15 is 0 Å². The molecule has 0 aromatic heterocycles. The fourth-order valence-corrected chi connectivity index (χ4v) is 1.62. The zero-order chi connectivity index (χ0) is 7.90. The molecule has 2 saturated heterocycles. The van der Waals surface area contributed by atoms with Crippen molar-refractivity contribution >= 4 is 0 Å². The van der Waals surface area contributed by atoms with Crippen LogP contribution in [0.25, 0.3) is 0 Å². The maximum absolute atomic E-state index is 5.32. The van der Waals surface area contributed by atoms with Crippen LogP contribution in [-0.4, -0.2) is 50.0 Å². The van der Waals surface area contributed by atoms with E-state index in [1.54, 1.807) is 7.11 Å². The molecule has 2 rings (SSSR count). The van der Waals surface area contributed by atoms with Crippen molar-refractivity contribution in [3.63, 3.8) is 0 Å². The topological polar surface area (TPSA) is 25.0 Å². The molecule has 2 aliphatic rings. The van der Waals surface area contributed by atoms with Gasteiger partial charge in [0.15, 0.2) is 0 Å². The summed E-state index contributed by atoms with van der Waals surface area (Å²) in [7, 11) is 1.78. The molecule has 0 aromatic rings. The van der Waals surface area contributed by atoms with Gasteiger partial charge in [0.25, 0.3) is 0 Å². The van der Waals surface area contributed by atoms with Crippen LogP contribution in [0.1, 0.15) is 6.92 Å². The number of nitrogens with zero attached hydrogens (tertiary/aromatic N) is 1. The molecule has 2 fully saturated rings. The molecule has 0 aromatic carbocycles. The second-order valence-electron chi connectivity index (χ2n) is 3.78. The van der Waals surface area contributed by atoms with Crippen molar-refractivity contribution < 1.29 is 9.47 Å². The Morgan fingerprint density at radius 1 is 1.64 bits per heavy atom. The lowest BCUT2D eigenvalue weighted by molar-refractivity contribution is -0.112. The highest BCUT2D eigenvalue weighted by atomic mass is 16.6. The average molecular weight is 157 g/mol. The van der Waals surface area contributed by atoms with Gasteiger partial charge in [-0.05, 0) is 6.92 Å². The molecular weight excluding hydrogens is 142 g/mol. The predicted octanol–water partition coefficient (Wildman–Crippen LogP) is 0.106. The minimum atomic E-state index is 0.120. The zero-order valence-corrected chi connectivity index (χ0v) is 7.17. The van der Waals surface area contributed by atoms with E-state index in [2.05, 4.69) is 11.8 Å². The fraction of sp³-hybridized carbons (Fsp3) is 1.00. The van der Waals surface area contributed by atoms with Gasteiger partial charge in [0.1, 0.15) is 0 Å². The standard InChI is InChI=1S/C8H15NO2/c1-8(10-2)5-9(6-8)3-7-4-11-7/h7H,3-6H2,1-2H3. The van der Waals surface area contributed by atoms with Crippen LogP contribution >= 0.6 is 0 Å². The van der Waals surface area contributed by atoms with E-state index in [1.807, 2.05) is 0 Å². The van der Waals surface area contributed by atoms with Crippen molar-refractivity contribution in [3.8, 4) is 0 Å². The van der Waals surface area contributed by atoms with Crippen molar-refractivity contribution in [2.45, 2.75) is 18.6 Å². The van der Waals surface area contributed by atoms with Crippen LogP contribution < -0.4 is 0 Å². The number of likely N-dealkylation sites (tertiary alicyclic amines) is 1. The normalized spacial score (nSPS) is 34.9. The van der Waals surface area contributed by atoms with Crippen LogP contribution in [-0.2, 0) is 9.47 Å². The first-order valence-corrected chi connectivity index (χ1v) is 4.11. The lowest BCUT2D eigenvalue weighted by atomic mass is 9.96. The maximum Gasteiger partial charge on any atom is 0.0936 e. The lowest BCUT2D eigenvalue weighted by Gasteiger charge is -2.46. The van der Waals surface area contributed by atoms with Crippen molar-refractivity contribution in [1.82, 2.24) is 4.90 Å². The summed E-state index contributed by atoms with van der Waals surface area (Å²) in [5, 5.41) is 0. The van der Waals surface area contributed by atoms with Crippen LogP contribution in [0.3, 0.4) is 0 Å². The maximum atomic E-state index is 5.32. The second kappa shape index (κ2) is 2.44. The molecule has 0 aliphatic carbocycles. The van der Waals surface area contributed by atoms with Gasteiger partial charge in [0.2, 0.25) is 0 Å². The molecule has 3 nitrogen and oxygen atoms in total. The van der Waals surface area contributed by atoms with E-state index in [0.29, 0.717) is 6.10 Å². The quantitative estimate of drug-likeness (QED) is 0.543. The van der Waals surface area contributed by atoms with Crippen LogP contribution in [0, 0.1) is 0 Å². The Morgan fingerprint density at radius 3 is 2.73 bits per heavy atom. The SMILES string of the molecule is COC1(C)CN(CC2CO2)C1. The summed E-state index contributed by atoms with van der Waals surface area (Å²) in [5.74, 6) is 0. The molecule has 1 atom stereocenters. The second-order valence-corrected chi connectivity index (χ2v) is 3.78. The smallest absolute Gasteiger partial charge is 0.0936 e. The summed E-state index contributed by atoms with van der Waals surface area (Å²) in [4.78, 5) is 2.38. The Kier molecular flexibility index (Phi) is 1.67. The minimum Gasteiger partial charge on any atom is -0.376 e. The van der Waals surface area contributed by atoms with Crippen molar-refractivity contribution in [2.75, 3.05) is 33.4 Å². The van der Waals surface area contributed by atoms with E-state index in [-0.39, 0.29) is 5.60 Å². The van der Waals surface area contributed by atoms with Crippen molar-refractivity contribution in [2.24, 2.45) is 0 Å². The van der Waals surface area contributed by atoms with E-state index in [4.69, 9.17) is 9.47 Å². The third-order valence-corrected chi connectivity index (χ3v) is 2.47. The molecule has 1 unspecified atom stereocenters. The molecule has 0 N–H and O–H groups in total. The third-order valence-electron chi connectivity index (χ3n) is 2.47. The molecule has 0 radical (unpaired) electrons. The summed E-state index contributed by atoms with van der Waals surface area (Å²) < 4.78 is 10.5. The van der Waals surface area contributed by atoms with Gasteiger partial charge in [-0.15, -0.1) is 0 Å². The highest BCUT2D eigenvalue weighted by Gasteiger charge is 2.41. The van der Waals surface area contributed by atoms with Gasteiger partial charge >= 0.3 is 0 Å². The third kappa shape index (κ3) is 1.55. The van der Waals surface area contributed by atoms with Gasteiger partial charge < -0.3 is 9.47 Å². The Balaban J connectivity index is 1.69. The van der Waals surface area contributed by atoms with Crippen LogP contribution in [0.2, 0.25) is 0 Å². The summed E-state index contributed by atoms with van der Waals surface area (Å²) in [6, 6.07) is 0. The molecule has 2 aliphatic heterocycles. The van der Waals surface area contributed by atoms with Crippen LogP contribution in [0.5, 0.6) is 0 Å². The number of epoxide rings is 1. The van der Waals surface area contributed by atoms with Crippen LogP contribution in [0.4, 0.5) is 0 Å². The molecule has 2 heterocycles. The van der Waals surface area contributed by atoms with Gasteiger partial charge in [-0.1, -0.05) is 0 Å². The first-order chi connectivity index (χ1) is 5.22. The largest absolute Gasteiger partial charge is 0.376 e. The molecule has 0 amide bonds. The predicted molar refractivity (Wildman–Crippen MR) is 41.6 cm³/mol. The average Bonchev–Trinajstić information content (AvgIpc) is 2.68. The number of ether oxygens (including phenoxy) is 2. The summed E-state index contributed by atoms with van der Waals surface area (Å²) >= 11 is 0. The van der Waals surface area contributed by atoms with Gasteiger partial charge in [0.05, 0.1) is 18.3 Å². The molecule has 11 heavy (non-hydrogen) atoms. The van der Waals surface area contributed by atoms with Crippen molar-refractivity contribution in [1.29, 1.82) is 0 Å². The van der Waals surface area contributed by atoms with Gasteiger partial charge in [0, 0.05) is 26.7 Å². The Labute approximate surface area is 67.3 Å². The van der Waals surface area contributed by atoms with E-state index in [9.17, 15) is 0 Å². The lowest BCUT2D eigenvalue weighted by Crippen LogP contribution is -2.61. The minimum absolute atomic E-state index is 0.120. The van der Waals surface area contributed by atoms with Crippen molar-refractivity contribution in [3.05, 3.63) is 0 Å². The monoisotopic (exact) mass is 157 g/mol. The Bertz CT molecular complexity index is 150. The number of rotatable bonds is 3. The molecule has 0 spiro atoms. The summed E-state index contributed by atoms with van der Waals surface area (Å²) in [6.45, 7) is 6.32. The molecule has 3 heteroatoms. The number of hydrogen-bond acceptors (Lipinski definition) is 3. The molecule has 0 saturated carbocycles. The highest BCUT2D eigenvalue weighted by Crippen LogP contribution is 2.25. The number of methoxy groups -OCH3 is 1. The molecule has 64 valence electrons. The van der Waals surface area contributed by atoms with Gasteiger partial charge in [-0.2, -0.15) is 0 Å². The summed E-state index contributed by atoms with van der Waals surface area (Å²) in [5.41, 5.74) is 0.120. The Morgan fingerprint density at radius 2 is 2.27 bits per heavy atom. The van der Waals surface area contributed by atoms with E-state index < -0.39 is 0 Å². The van der Waals surface area contributed by atoms with E-state index in [0.717, 1.165) is 26.2 Å². The molecule has 0 bridgehead atoms. The van der Waals surface area contributed by atoms with Gasteiger partial charge in [-0.3, -0.25) is 4.90 Å². The first kappa shape index (κ1) is 7.53. The fourth-order valence-electron chi connectivity index (χ4n) is 1.62. The first-order valence-electron chi connectivity index (χ1n) is 4.11. The Hall–Kier alpha value is -0.120. The molecular formula is C8H15NO2. The summed E-state index contributed by atoms with van der Waals surface area (Å²) in [6.07, 6.45) is 0.524. The van der Waals surface area contributed by atoms with Gasteiger partial charge in [-0.25, -0.2) is 0 Å².